The lowest BCUT2D eigenvalue weighted by Crippen LogP contribution is -2.35. The van der Waals surface area contributed by atoms with Gasteiger partial charge in [-0.2, -0.15) is 0 Å². The van der Waals surface area contributed by atoms with E-state index in [0.29, 0.717) is 0 Å². The number of carbonyl (C=O) groups excluding carboxylic acids is 3. The van der Waals surface area contributed by atoms with Crippen molar-refractivity contribution in [2.45, 2.75) is 13.8 Å². The second-order valence-corrected chi connectivity index (χ2v) is 4.46. The number of rotatable bonds is 2. The van der Waals surface area contributed by atoms with Gasteiger partial charge < -0.3 is 9.90 Å². The summed E-state index contributed by atoms with van der Waals surface area (Å²) in [7, 11) is 0. The fourth-order valence-corrected chi connectivity index (χ4v) is 1.95. The van der Waals surface area contributed by atoms with Crippen LogP contribution in [0.3, 0.4) is 0 Å². The first-order valence-corrected chi connectivity index (χ1v) is 5.74. The molecule has 0 aliphatic carbocycles. The third-order valence-electron chi connectivity index (χ3n) is 3.28. The van der Waals surface area contributed by atoms with Gasteiger partial charge in [-0.05, 0) is 13.8 Å². The van der Waals surface area contributed by atoms with Crippen molar-refractivity contribution >= 4 is 23.5 Å². The summed E-state index contributed by atoms with van der Waals surface area (Å²) in [5.41, 5.74) is -3.88. The smallest absolute Gasteiger partial charge is 0.261 e. The Kier molecular flexibility index (Phi) is 3.52. The van der Waals surface area contributed by atoms with Gasteiger partial charge in [-0.1, -0.05) is 0 Å². The maximum absolute atomic E-state index is 13.9. The van der Waals surface area contributed by atoms with E-state index in [0.717, 1.165) is 0 Å². The molecule has 116 valence electrons. The molecule has 0 N–H and O–H groups in total. The predicted molar refractivity (Wildman–Crippen MR) is 61.5 cm³/mol. The third kappa shape index (κ3) is 1.89. The van der Waals surface area contributed by atoms with E-state index in [1.165, 1.54) is 13.8 Å². The second kappa shape index (κ2) is 4.93. The van der Waals surface area contributed by atoms with E-state index in [-0.39, 0.29) is 16.0 Å². The summed E-state index contributed by atoms with van der Waals surface area (Å²) in [4.78, 5) is 34.1. The van der Waals surface area contributed by atoms with E-state index in [2.05, 4.69) is 0 Å². The second-order valence-electron chi connectivity index (χ2n) is 4.46. The van der Waals surface area contributed by atoms with Gasteiger partial charge in [-0.3, -0.25) is 9.59 Å². The minimum atomic E-state index is -2.48. The van der Waals surface area contributed by atoms with Crippen molar-refractivity contribution < 1.29 is 37.1 Å². The Hall–Kier alpha value is -2.71. The summed E-state index contributed by atoms with van der Waals surface area (Å²) in [6.07, 6.45) is 0. The van der Waals surface area contributed by atoms with Crippen LogP contribution in [0.25, 0.3) is 0 Å². The monoisotopic (exact) mass is 316 g/mol. The molecule has 22 heavy (non-hydrogen) atoms. The van der Waals surface area contributed by atoms with E-state index in [1.807, 2.05) is 0 Å². The molecular weight excluding hydrogens is 310 g/mol. The van der Waals surface area contributed by atoms with Crippen LogP contribution in [-0.4, -0.2) is 17.8 Å². The first-order valence-electron chi connectivity index (χ1n) is 5.74. The zero-order valence-electron chi connectivity index (χ0n) is 11.1. The van der Waals surface area contributed by atoms with Crippen LogP contribution in [0.5, 0.6) is 0 Å². The van der Waals surface area contributed by atoms with Gasteiger partial charge in [0.05, 0.1) is 11.5 Å². The highest BCUT2D eigenvalue weighted by molar-refractivity contribution is 6.32. The lowest BCUT2D eigenvalue weighted by Gasteiger charge is -2.19. The number of carboxylic acids is 1. The third-order valence-corrected chi connectivity index (χ3v) is 3.28. The zero-order chi connectivity index (χ0) is 16.9. The lowest BCUT2D eigenvalue weighted by molar-refractivity contribution is -0.255. The Morgan fingerprint density at radius 1 is 0.864 bits per heavy atom. The molecule has 0 saturated heterocycles. The summed E-state index contributed by atoms with van der Waals surface area (Å²) in [6.45, 7) is 2.38. The molecule has 1 aromatic carbocycles. The first-order chi connectivity index (χ1) is 10.1. The number of carbonyl (C=O) groups is 3. The molecule has 9 heteroatoms. The van der Waals surface area contributed by atoms with Crippen LogP contribution in [0.1, 0.15) is 24.2 Å². The van der Waals surface area contributed by atoms with Crippen LogP contribution in [0.15, 0.2) is 11.1 Å². The van der Waals surface area contributed by atoms with Crippen molar-refractivity contribution in [3.63, 3.8) is 0 Å². The molecule has 0 spiro atoms. The van der Waals surface area contributed by atoms with E-state index < -0.39 is 52.3 Å². The van der Waals surface area contributed by atoms with Gasteiger partial charge >= 0.3 is 0 Å². The summed E-state index contributed by atoms with van der Waals surface area (Å²) in [5, 5.41) is 10.5. The van der Waals surface area contributed by atoms with Crippen LogP contribution >= 0.6 is 0 Å². The molecule has 0 bridgehead atoms. The molecule has 0 aromatic heterocycles. The quantitative estimate of drug-likeness (QED) is 0.460. The van der Waals surface area contributed by atoms with Gasteiger partial charge in [0, 0.05) is 11.1 Å². The fraction of sp³-hybridized carbons (Fsp3) is 0.154. The number of hydrogen-bond acceptors (Lipinski definition) is 4. The number of amides is 2. The standard InChI is InChI=1S/C13H7F4NO4/c1-3-4(2)12(20)18(11(3)19)10-8(16)6(14)5(13(21)22)7(15)9(10)17/h1-2H3,(H,21,22)/p-1. The van der Waals surface area contributed by atoms with Crippen LogP contribution in [0.2, 0.25) is 0 Å². The van der Waals surface area contributed by atoms with Gasteiger partial charge in [-0.15, -0.1) is 0 Å². The lowest BCUT2D eigenvalue weighted by atomic mass is 10.1. The molecule has 0 atom stereocenters. The predicted octanol–water partition coefficient (Wildman–Crippen LogP) is 0.816. The summed E-state index contributed by atoms with van der Waals surface area (Å²) < 4.78 is 54.9. The van der Waals surface area contributed by atoms with E-state index in [9.17, 15) is 37.1 Å². The van der Waals surface area contributed by atoms with E-state index in [1.54, 1.807) is 0 Å². The van der Waals surface area contributed by atoms with Gasteiger partial charge in [0.25, 0.3) is 11.8 Å². The average molecular weight is 316 g/mol. The van der Waals surface area contributed by atoms with Gasteiger partial charge in [-0.25, -0.2) is 22.5 Å². The van der Waals surface area contributed by atoms with Crippen molar-refractivity contribution in [1.29, 1.82) is 0 Å². The molecule has 1 aliphatic rings. The number of nitrogens with zero attached hydrogens (tertiary/aromatic N) is 1. The maximum atomic E-state index is 13.9. The molecule has 0 fully saturated rings. The number of aromatic carboxylic acids is 1. The molecule has 1 aliphatic heterocycles. The first kappa shape index (κ1) is 15.7. The SMILES string of the molecule is CC1=C(C)C(=O)N(c2c(F)c(F)c(C(=O)[O-])c(F)c2F)C1=O. The van der Waals surface area contributed by atoms with Gasteiger partial charge in [0.2, 0.25) is 0 Å². The molecule has 0 unspecified atom stereocenters. The van der Waals surface area contributed by atoms with Crippen molar-refractivity contribution in [1.82, 2.24) is 0 Å². The summed E-state index contributed by atoms with van der Waals surface area (Å²) >= 11 is 0. The molecule has 1 heterocycles. The minimum Gasteiger partial charge on any atom is -0.545 e. The Morgan fingerprint density at radius 2 is 1.23 bits per heavy atom. The molecule has 2 amide bonds. The van der Waals surface area contributed by atoms with Crippen LogP contribution in [-0.2, 0) is 9.59 Å². The highest BCUT2D eigenvalue weighted by Crippen LogP contribution is 2.35. The number of halogens is 4. The number of anilines is 1. The van der Waals surface area contributed by atoms with Gasteiger partial charge in [0.1, 0.15) is 5.69 Å². The fourth-order valence-electron chi connectivity index (χ4n) is 1.95. The normalized spacial score (nSPS) is 15.1. The number of hydrogen-bond donors (Lipinski definition) is 0. The molecular formula is C13H6F4NO4-. The maximum Gasteiger partial charge on any atom is 0.261 e. The Morgan fingerprint density at radius 3 is 1.55 bits per heavy atom. The summed E-state index contributed by atoms with van der Waals surface area (Å²) in [5.74, 6) is -13.7. The molecule has 5 nitrogen and oxygen atoms in total. The Balaban J connectivity index is 2.78. The Bertz CT molecular complexity index is 732. The minimum absolute atomic E-state index is 0.0828. The molecule has 1 aromatic rings. The van der Waals surface area contributed by atoms with Gasteiger partial charge in [0.15, 0.2) is 23.3 Å². The average Bonchev–Trinajstić information content (AvgIpc) is 2.63. The highest BCUT2D eigenvalue weighted by atomic mass is 19.2. The topological polar surface area (TPSA) is 77.5 Å². The largest absolute Gasteiger partial charge is 0.545 e. The van der Waals surface area contributed by atoms with Crippen molar-refractivity contribution in [3.05, 3.63) is 40.0 Å². The molecule has 2 rings (SSSR count). The zero-order valence-corrected chi connectivity index (χ0v) is 11.1. The summed E-state index contributed by atoms with van der Waals surface area (Å²) in [6, 6.07) is 0. The molecule has 0 saturated carbocycles. The van der Waals surface area contributed by atoms with Crippen LogP contribution in [0.4, 0.5) is 23.2 Å². The number of benzene rings is 1. The highest BCUT2D eigenvalue weighted by Gasteiger charge is 2.40. The van der Waals surface area contributed by atoms with E-state index >= 15 is 0 Å². The van der Waals surface area contributed by atoms with Crippen molar-refractivity contribution in [2.24, 2.45) is 0 Å². The van der Waals surface area contributed by atoms with Crippen LogP contribution in [0, 0.1) is 23.3 Å². The number of carboxylic acid groups (broad SMARTS) is 1. The van der Waals surface area contributed by atoms with Crippen molar-refractivity contribution in [3.8, 4) is 0 Å². The Labute approximate surface area is 120 Å². The molecule has 0 radical (unpaired) electrons. The number of imide groups is 1. The van der Waals surface area contributed by atoms with E-state index in [4.69, 9.17) is 0 Å². The van der Waals surface area contributed by atoms with Crippen molar-refractivity contribution in [2.75, 3.05) is 4.90 Å². The van der Waals surface area contributed by atoms with Crippen LogP contribution < -0.4 is 10.0 Å².